The maximum atomic E-state index is 14.1. The van der Waals surface area contributed by atoms with Crippen LogP contribution in [0.3, 0.4) is 0 Å². The van der Waals surface area contributed by atoms with E-state index in [2.05, 4.69) is 20.6 Å². The largest absolute Gasteiger partial charge is 0.497 e. The SMILES string of the molecule is COc1ccc(CN=C(NCC(=O)N(C)C)NC2CCN(c3ncccc3F)C2)cc1. The van der Waals surface area contributed by atoms with E-state index >= 15 is 0 Å². The molecule has 1 aliphatic rings. The number of carbonyl (C=O) groups excluding carboxylic acids is 1. The summed E-state index contributed by atoms with van der Waals surface area (Å²) in [5, 5.41) is 6.48. The topological polar surface area (TPSA) is 82.1 Å². The smallest absolute Gasteiger partial charge is 0.241 e. The van der Waals surface area contributed by atoms with E-state index in [0.29, 0.717) is 31.4 Å². The molecule has 31 heavy (non-hydrogen) atoms. The number of pyridine rings is 1. The Bertz CT molecular complexity index is 903. The first-order chi connectivity index (χ1) is 15.0. The quantitative estimate of drug-likeness (QED) is 0.515. The molecular formula is C22H29FN6O2. The third-order valence-electron chi connectivity index (χ3n) is 5.05. The van der Waals surface area contributed by atoms with Crippen molar-refractivity contribution in [3.63, 3.8) is 0 Å². The molecule has 3 rings (SSSR count). The number of rotatable bonds is 7. The molecule has 1 saturated heterocycles. The number of methoxy groups -OCH3 is 1. The van der Waals surface area contributed by atoms with Gasteiger partial charge in [0.15, 0.2) is 17.6 Å². The summed E-state index contributed by atoms with van der Waals surface area (Å²) >= 11 is 0. The van der Waals surface area contributed by atoms with Gasteiger partial charge in [0.1, 0.15) is 5.75 Å². The predicted molar refractivity (Wildman–Crippen MR) is 119 cm³/mol. The molecule has 166 valence electrons. The maximum absolute atomic E-state index is 14.1. The van der Waals surface area contributed by atoms with Crippen molar-refractivity contribution in [1.82, 2.24) is 20.5 Å². The number of hydrogen-bond donors (Lipinski definition) is 2. The minimum atomic E-state index is -0.328. The summed E-state index contributed by atoms with van der Waals surface area (Å²) < 4.78 is 19.3. The summed E-state index contributed by atoms with van der Waals surface area (Å²) in [5.74, 6) is 1.31. The zero-order chi connectivity index (χ0) is 22.2. The Labute approximate surface area is 182 Å². The Morgan fingerprint density at radius 2 is 2.10 bits per heavy atom. The van der Waals surface area contributed by atoms with Gasteiger partial charge in [-0.25, -0.2) is 14.4 Å². The lowest BCUT2D eigenvalue weighted by molar-refractivity contribution is -0.127. The summed E-state index contributed by atoms with van der Waals surface area (Å²) in [6.45, 7) is 1.86. The molecule has 1 aromatic heterocycles. The monoisotopic (exact) mass is 428 g/mol. The van der Waals surface area contributed by atoms with Crippen molar-refractivity contribution in [2.75, 3.05) is 45.7 Å². The molecule has 1 unspecified atom stereocenters. The third kappa shape index (κ3) is 6.31. The van der Waals surface area contributed by atoms with Crippen LogP contribution in [0.1, 0.15) is 12.0 Å². The van der Waals surface area contributed by atoms with Gasteiger partial charge in [-0.05, 0) is 36.2 Å². The van der Waals surface area contributed by atoms with E-state index in [4.69, 9.17) is 4.74 Å². The van der Waals surface area contributed by atoms with Gasteiger partial charge in [0.25, 0.3) is 0 Å². The lowest BCUT2D eigenvalue weighted by atomic mass is 10.2. The molecule has 0 aliphatic carbocycles. The maximum Gasteiger partial charge on any atom is 0.241 e. The highest BCUT2D eigenvalue weighted by Crippen LogP contribution is 2.20. The Hall–Kier alpha value is -3.36. The summed E-state index contributed by atoms with van der Waals surface area (Å²) in [5.41, 5.74) is 1.02. The number of nitrogens with one attached hydrogen (secondary N) is 2. The van der Waals surface area contributed by atoms with Gasteiger partial charge in [-0.3, -0.25) is 4.79 Å². The average Bonchev–Trinajstić information content (AvgIpc) is 3.24. The van der Waals surface area contributed by atoms with Gasteiger partial charge in [-0.15, -0.1) is 0 Å². The molecule has 0 spiro atoms. The molecule has 0 saturated carbocycles. The average molecular weight is 429 g/mol. The fourth-order valence-corrected chi connectivity index (χ4v) is 3.25. The van der Waals surface area contributed by atoms with Crippen LogP contribution < -0.4 is 20.3 Å². The molecule has 8 nitrogen and oxygen atoms in total. The van der Waals surface area contributed by atoms with Gasteiger partial charge in [0, 0.05) is 39.4 Å². The molecule has 2 aromatic rings. The Balaban J connectivity index is 1.65. The molecule has 1 aromatic carbocycles. The van der Waals surface area contributed by atoms with Crippen LogP contribution >= 0.6 is 0 Å². The number of guanidine groups is 1. The second kappa shape index (κ2) is 10.6. The van der Waals surface area contributed by atoms with Gasteiger partial charge in [-0.1, -0.05) is 12.1 Å². The highest BCUT2D eigenvalue weighted by Gasteiger charge is 2.26. The lowest BCUT2D eigenvalue weighted by Crippen LogP contribution is -2.47. The predicted octanol–water partition coefficient (Wildman–Crippen LogP) is 1.63. The van der Waals surface area contributed by atoms with Gasteiger partial charge < -0.3 is 25.2 Å². The lowest BCUT2D eigenvalue weighted by Gasteiger charge is -2.20. The summed E-state index contributed by atoms with van der Waals surface area (Å²) in [6.07, 6.45) is 2.40. The van der Waals surface area contributed by atoms with Crippen LogP contribution in [-0.4, -0.2) is 68.6 Å². The zero-order valence-electron chi connectivity index (χ0n) is 18.1. The summed E-state index contributed by atoms with van der Waals surface area (Å²) in [4.78, 5) is 24.2. The van der Waals surface area contributed by atoms with Crippen LogP contribution in [-0.2, 0) is 11.3 Å². The number of hydrogen-bond acceptors (Lipinski definition) is 5. The zero-order valence-corrected chi connectivity index (χ0v) is 18.1. The molecule has 2 N–H and O–H groups in total. The molecule has 1 aliphatic heterocycles. The van der Waals surface area contributed by atoms with Gasteiger partial charge in [0.2, 0.25) is 5.91 Å². The number of halogens is 1. The number of nitrogens with zero attached hydrogens (tertiary/aromatic N) is 4. The van der Waals surface area contributed by atoms with Gasteiger partial charge >= 0.3 is 0 Å². The Morgan fingerprint density at radius 1 is 1.32 bits per heavy atom. The van der Waals surface area contributed by atoms with Crippen LogP contribution in [0.25, 0.3) is 0 Å². The van der Waals surface area contributed by atoms with E-state index in [9.17, 15) is 9.18 Å². The number of benzene rings is 1. The van der Waals surface area contributed by atoms with E-state index in [-0.39, 0.29) is 24.3 Å². The molecule has 2 heterocycles. The number of ether oxygens (including phenoxy) is 1. The van der Waals surface area contributed by atoms with E-state index in [1.54, 1.807) is 33.5 Å². The van der Waals surface area contributed by atoms with E-state index in [1.165, 1.54) is 11.0 Å². The van der Waals surface area contributed by atoms with E-state index in [0.717, 1.165) is 17.7 Å². The van der Waals surface area contributed by atoms with Crippen molar-refractivity contribution in [3.8, 4) is 5.75 Å². The fraction of sp³-hybridized carbons (Fsp3) is 0.409. The minimum Gasteiger partial charge on any atom is -0.497 e. The number of amides is 1. The van der Waals surface area contributed by atoms with Gasteiger partial charge in [0.05, 0.1) is 20.2 Å². The normalized spacial score (nSPS) is 16.2. The number of likely N-dealkylation sites (N-methyl/N-ethyl adjacent to an activating group) is 1. The Morgan fingerprint density at radius 3 is 2.77 bits per heavy atom. The van der Waals surface area contributed by atoms with Crippen LogP contribution in [0.5, 0.6) is 5.75 Å². The van der Waals surface area contributed by atoms with E-state index in [1.807, 2.05) is 29.2 Å². The first-order valence-corrected chi connectivity index (χ1v) is 10.2. The molecule has 1 atom stereocenters. The van der Waals surface area contributed by atoms with Gasteiger partial charge in [-0.2, -0.15) is 0 Å². The van der Waals surface area contributed by atoms with Crippen molar-refractivity contribution in [2.45, 2.75) is 19.0 Å². The van der Waals surface area contributed by atoms with Crippen molar-refractivity contribution in [1.29, 1.82) is 0 Å². The molecular weight excluding hydrogens is 399 g/mol. The minimum absolute atomic E-state index is 0.0532. The number of aromatic nitrogens is 1. The van der Waals surface area contributed by atoms with E-state index < -0.39 is 0 Å². The van der Waals surface area contributed by atoms with Crippen LogP contribution in [0.2, 0.25) is 0 Å². The first-order valence-electron chi connectivity index (χ1n) is 10.2. The Kier molecular flexibility index (Phi) is 7.64. The second-order valence-corrected chi connectivity index (χ2v) is 7.54. The molecule has 1 amide bonds. The first kappa shape index (κ1) is 22.3. The molecule has 0 bridgehead atoms. The number of anilines is 1. The molecule has 1 fully saturated rings. The highest BCUT2D eigenvalue weighted by atomic mass is 19.1. The standard InChI is InChI=1S/C22H29FN6O2/c1-28(2)20(30)14-26-22(25-13-16-6-8-18(31-3)9-7-16)27-17-10-12-29(15-17)21-19(23)5-4-11-24-21/h4-9,11,17H,10,12-15H2,1-3H3,(H2,25,26,27). The van der Waals surface area contributed by atoms with Crippen molar-refractivity contribution in [2.24, 2.45) is 4.99 Å². The second-order valence-electron chi connectivity index (χ2n) is 7.54. The highest BCUT2D eigenvalue weighted by molar-refractivity contribution is 5.86. The summed E-state index contributed by atoms with van der Waals surface area (Å²) in [7, 11) is 5.05. The summed E-state index contributed by atoms with van der Waals surface area (Å²) in [6, 6.07) is 10.7. The molecule has 0 radical (unpaired) electrons. The van der Waals surface area contributed by atoms with Crippen LogP contribution in [0.15, 0.2) is 47.6 Å². The molecule has 9 heteroatoms. The number of aliphatic imine (C=N–C) groups is 1. The number of carbonyl (C=O) groups is 1. The van der Waals surface area contributed by atoms with Crippen molar-refractivity contribution >= 4 is 17.7 Å². The van der Waals surface area contributed by atoms with Crippen molar-refractivity contribution < 1.29 is 13.9 Å². The third-order valence-corrected chi connectivity index (χ3v) is 5.05. The van der Waals surface area contributed by atoms with Crippen LogP contribution in [0, 0.1) is 5.82 Å². The van der Waals surface area contributed by atoms with Crippen LogP contribution in [0.4, 0.5) is 10.2 Å². The van der Waals surface area contributed by atoms with Crippen molar-refractivity contribution in [3.05, 3.63) is 54.0 Å². The fourth-order valence-electron chi connectivity index (χ4n) is 3.25.